The highest BCUT2D eigenvalue weighted by molar-refractivity contribution is 9.10. The van der Waals surface area contributed by atoms with Gasteiger partial charge in [-0.1, -0.05) is 18.9 Å². The van der Waals surface area contributed by atoms with Crippen LogP contribution in [0.25, 0.3) is 0 Å². The summed E-state index contributed by atoms with van der Waals surface area (Å²) in [5.41, 5.74) is 1.14. The third-order valence-electron chi connectivity index (χ3n) is 3.28. The predicted molar refractivity (Wildman–Crippen MR) is 67.9 cm³/mol. The predicted octanol–water partition coefficient (Wildman–Crippen LogP) is 4.18. The van der Waals surface area contributed by atoms with Gasteiger partial charge in [0.1, 0.15) is 5.82 Å². The van der Waals surface area contributed by atoms with Gasteiger partial charge in [0.25, 0.3) is 0 Å². The maximum Gasteiger partial charge on any atom is 0.137 e. The summed E-state index contributed by atoms with van der Waals surface area (Å²) >= 11 is 3.22. The molecular weight excluding hydrogens is 269 g/mol. The fraction of sp³-hybridized carbons (Fsp3) is 0.538. The smallest absolute Gasteiger partial charge is 0.137 e. The molecule has 0 aliphatic heterocycles. The number of nitrogens with one attached hydrogen (secondary N) is 1. The number of hydrogen-bond donors (Lipinski definition) is 1. The molecular formula is C13H17BrFN. The topological polar surface area (TPSA) is 12.0 Å². The molecule has 1 atom stereocenters. The normalized spacial score (nSPS) is 18.9. The summed E-state index contributed by atoms with van der Waals surface area (Å²) < 4.78 is 13.6. The molecule has 0 radical (unpaired) electrons. The van der Waals surface area contributed by atoms with Gasteiger partial charge >= 0.3 is 0 Å². The number of hydrogen-bond acceptors (Lipinski definition) is 1. The first-order chi connectivity index (χ1) is 7.66. The van der Waals surface area contributed by atoms with Gasteiger partial charge in [0, 0.05) is 12.1 Å². The molecule has 1 aromatic carbocycles. The molecule has 1 saturated carbocycles. The second-order valence-electron chi connectivity index (χ2n) is 4.54. The van der Waals surface area contributed by atoms with Crippen molar-refractivity contribution in [2.75, 3.05) is 0 Å². The summed E-state index contributed by atoms with van der Waals surface area (Å²) in [4.78, 5) is 0. The molecule has 0 heterocycles. The largest absolute Gasteiger partial charge is 0.307 e. The first-order valence-electron chi connectivity index (χ1n) is 5.88. The van der Waals surface area contributed by atoms with Crippen LogP contribution in [0.15, 0.2) is 22.7 Å². The van der Waals surface area contributed by atoms with Crippen LogP contribution in [0.2, 0.25) is 0 Å². The number of benzene rings is 1. The Labute approximate surface area is 105 Å². The zero-order valence-electron chi connectivity index (χ0n) is 9.47. The Morgan fingerprint density at radius 3 is 2.69 bits per heavy atom. The molecule has 16 heavy (non-hydrogen) atoms. The molecule has 0 aromatic heterocycles. The summed E-state index contributed by atoms with van der Waals surface area (Å²) in [6.45, 7) is 2.14. The minimum absolute atomic E-state index is 0.197. The van der Waals surface area contributed by atoms with Crippen LogP contribution >= 0.6 is 15.9 Å². The van der Waals surface area contributed by atoms with Crippen molar-refractivity contribution in [3.8, 4) is 0 Å². The van der Waals surface area contributed by atoms with Gasteiger partial charge in [-0.3, -0.25) is 0 Å². The van der Waals surface area contributed by atoms with E-state index in [1.165, 1.54) is 31.7 Å². The van der Waals surface area contributed by atoms with Gasteiger partial charge in [-0.25, -0.2) is 4.39 Å². The van der Waals surface area contributed by atoms with E-state index in [4.69, 9.17) is 0 Å². The molecule has 0 amide bonds. The number of rotatable bonds is 3. The van der Waals surface area contributed by atoms with Crippen LogP contribution in [-0.2, 0) is 0 Å². The monoisotopic (exact) mass is 285 g/mol. The van der Waals surface area contributed by atoms with Crippen LogP contribution < -0.4 is 5.32 Å². The van der Waals surface area contributed by atoms with Gasteiger partial charge < -0.3 is 5.32 Å². The molecule has 88 valence electrons. The molecule has 1 N–H and O–H groups in total. The molecule has 0 bridgehead atoms. The first-order valence-corrected chi connectivity index (χ1v) is 6.67. The van der Waals surface area contributed by atoms with Gasteiger partial charge in [0.15, 0.2) is 0 Å². The molecule has 0 saturated heterocycles. The lowest BCUT2D eigenvalue weighted by atomic mass is 10.1. The van der Waals surface area contributed by atoms with Crippen molar-refractivity contribution >= 4 is 15.9 Å². The molecule has 2 rings (SSSR count). The summed E-state index contributed by atoms with van der Waals surface area (Å²) in [6, 6.07) is 6.17. The summed E-state index contributed by atoms with van der Waals surface area (Å²) in [7, 11) is 0. The second-order valence-corrected chi connectivity index (χ2v) is 5.40. The minimum atomic E-state index is -0.197. The molecule has 3 heteroatoms. The van der Waals surface area contributed by atoms with Gasteiger partial charge in [0.05, 0.1) is 4.47 Å². The Morgan fingerprint density at radius 2 is 2.06 bits per heavy atom. The van der Waals surface area contributed by atoms with Crippen molar-refractivity contribution in [1.29, 1.82) is 0 Å². The fourth-order valence-electron chi connectivity index (χ4n) is 2.32. The third kappa shape index (κ3) is 2.83. The summed E-state index contributed by atoms with van der Waals surface area (Å²) in [6.07, 6.45) is 5.20. The van der Waals surface area contributed by atoms with E-state index in [9.17, 15) is 4.39 Å². The van der Waals surface area contributed by atoms with E-state index in [0.717, 1.165) is 5.56 Å². The van der Waals surface area contributed by atoms with Crippen molar-refractivity contribution < 1.29 is 4.39 Å². The van der Waals surface area contributed by atoms with Gasteiger partial charge in [0.2, 0.25) is 0 Å². The molecule has 1 nitrogen and oxygen atoms in total. The zero-order chi connectivity index (χ0) is 11.5. The van der Waals surface area contributed by atoms with E-state index in [1.807, 2.05) is 12.1 Å². The van der Waals surface area contributed by atoms with Crippen LogP contribution in [0, 0.1) is 5.82 Å². The van der Waals surface area contributed by atoms with Crippen molar-refractivity contribution in [3.05, 3.63) is 34.1 Å². The van der Waals surface area contributed by atoms with Crippen molar-refractivity contribution in [2.45, 2.75) is 44.7 Å². The zero-order valence-corrected chi connectivity index (χ0v) is 11.1. The quantitative estimate of drug-likeness (QED) is 0.879. The van der Waals surface area contributed by atoms with Crippen LogP contribution in [0.5, 0.6) is 0 Å². The summed E-state index contributed by atoms with van der Waals surface area (Å²) in [5.74, 6) is -0.197. The molecule has 1 aliphatic rings. The Balaban J connectivity index is 2.02. The molecule has 0 spiro atoms. The van der Waals surface area contributed by atoms with Crippen LogP contribution in [0.3, 0.4) is 0 Å². The van der Waals surface area contributed by atoms with E-state index in [2.05, 4.69) is 28.2 Å². The van der Waals surface area contributed by atoms with E-state index >= 15 is 0 Å². The Hall–Kier alpha value is -0.410. The first kappa shape index (κ1) is 12.1. The second kappa shape index (κ2) is 5.28. The van der Waals surface area contributed by atoms with E-state index in [-0.39, 0.29) is 5.82 Å². The SMILES string of the molecule is CC(NC1CCCC1)c1ccc(F)c(Br)c1. The van der Waals surface area contributed by atoms with E-state index in [0.29, 0.717) is 16.6 Å². The van der Waals surface area contributed by atoms with Crippen LogP contribution in [-0.4, -0.2) is 6.04 Å². The molecule has 1 aromatic rings. The number of halogens is 2. The maximum atomic E-state index is 13.1. The van der Waals surface area contributed by atoms with Crippen molar-refractivity contribution in [3.63, 3.8) is 0 Å². The molecule has 1 unspecified atom stereocenters. The van der Waals surface area contributed by atoms with Gasteiger partial charge in [-0.05, 0) is 53.4 Å². The lowest BCUT2D eigenvalue weighted by Gasteiger charge is -2.19. The standard InChI is InChI=1S/C13H17BrFN/c1-9(16-11-4-2-3-5-11)10-6-7-13(15)12(14)8-10/h6-9,11,16H,2-5H2,1H3. The highest BCUT2D eigenvalue weighted by Gasteiger charge is 2.17. The summed E-state index contributed by atoms with van der Waals surface area (Å²) in [5, 5.41) is 3.60. The van der Waals surface area contributed by atoms with Gasteiger partial charge in [-0.2, -0.15) is 0 Å². The Bertz CT molecular complexity index is 361. The van der Waals surface area contributed by atoms with Crippen molar-refractivity contribution in [1.82, 2.24) is 5.32 Å². The Morgan fingerprint density at radius 1 is 1.38 bits per heavy atom. The highest BCUT2D eigenvalue weighted by Crippen LogP contribution is 2.24. The fourth-order valence-corrected chi connectivity index (χ4v) is 2.72. The minimum Gasteiger partial charge on any atom is -0.307 e. The average Bonchev–Trinajstić information content (AvgIpc) is 2.74. The lowest BCUT2D eigenvalue weighted by molar-refractivity contribution is 0.460. The van der Waals surface area contributed by atoms with Crippen LogP contribution in [0.4, 0.5) is 4.39 Å². The van der Waals surface area contributed by atoms with Gasteiger partial charge in [-0.15, -0.1) is 0 Å². The lowest BCUT2D eigenvalue weighted by Crippen LogP contribution is -2.28. The van der Waals surface area contributed by atoms with E-state index < -0.39 is 0 Å². The van der Waals surface area contributed by atoms with Crippen molar-refractivity contribution in [2.24, 2.45) is 0 Å². The molecule has 1 aliphatic carbocycles. The Kier molecular flexibility index (Phi) is 3.98. The third-order valence-corrected chi connectivity index (χ3v) is 3.89. The van der Waals surface area contributed by atoms with Crippen LogP contribution in [0.1, 0.15) is 44.2 Å². The highest BCUT2D eigenvalue weighted by atomic mass is 79.9. The maximum absolute atomic E-state index is 13.1. The van der Waals surface area contributed by atoms with E-state index in [1.54, 1.807) is 0 Å². The average molecular weight is 286 g/mol. The molecule has 1 fully saturated rings.